The lowest BCUT2D eigenvalue weighted by Gasteiger charge is -2.26. The van der Waals surface area contributed by atoms with Crippen molar-refractivity contribution in [2.75, 3.05) is 20.4 Å². The van der Waals surface area contributed by atoms with Crippen LogP contribution in [0.4, 0.5) is 0 Å². The zero-order valence-electron chi connectivity index (χ0n) is 10.8. The molecular weight excluding hydrogens is 257 g/mol. The summed E-state index contributed by atoms with van der Waals surface area (Å²) in [5.41, 5.74) is 0. The molecular formula is C15H18NPS. The molecule has 0 aliphatic rings. The van der Waals surface area contributed by atoms with Gasteiger partial charge in [0.2, 0.25) is 0 Å². The highest BCUT2D eigenvalue weighted by Crippen LogP contribution is 2.43. The van der Waals surface area contributed by atoms with E-state index in [1.807, 2.05) is 12.1 Å². The zero-order chi connectivity index (χ0) is 13.0. The quantitative estimate of drug-likeness (QED) is 0.789. The first-order chi connectivity index (χ1) is 8.63. The normalized spacial score (nSPS) is 11.7. The fourth-order valence-electron chi connectivity index (χ4n) is 2.05. The predicted octanol–water partition coefficient (Wildman–Crippen LogP) is 2.64. The highest BCUT2D eigenvalue weighted by molar-refractivity contribution is 8.21. The van der Waals surface area contributed by atoms with Crippen LogP contribution in [0.2, 0.25) is 0 Å². The standard InChI is InChI=1S/C15H18NPS/c1-16(2)13-17(18,14-9-5-3-6-10-14)15-11-7-4-8-12-15/h3-12H,13H2,1-2H3. The van der Waals surface area contributed by atoms with Gasteiger partial charge in [-0.05, 0) is 24.7 Å². The molecule has 2 aromatic rings. The molecule has 0 heterocycles. The Morgan fingerprint density at radius 2 is 1.22 bits per heavy atom. The van der Waals surface area contributed by atoms with E-state index < -0.39 is 6.04 Å². The Kier molecular flexibility index (Phi) is 4.34. The third-order valence-electron chi connectivity index (χ3n) is 2.83. The number of hydrogen-bond donors (Lipinski definition) is 0. The highest BCUT2D eigenvalue weighted by Gasteiger charge is 2.22. The molecule has 0 fully saturated rings. The minimum atomic E-state index is -1.72. The molecule has 0 saturated carbocycles. The van der Waals surface area contributed by atoms with Gasteiger partial charge in [0.1, 0.15) is 0 Å². The van der Waals surface area contributed by atoms with Crippen LogP contribution in [0.5, 0.6) is 0 Å². The second-order valence-electron chi connectivity index (χ2n) is 4.63. The van der Waals surface area contributed by atoms with Gasteiger partial charge in [-0.3, -0.25) is 0 Å². The average molecular weight is 275 g/mol. The summed E-state index contributed by atoms with van der Waals surface area (Å²) in [5.74, 6) is 0. The van der Waals surface area contributed by atoms with Crippen LogP contribution in [0.3, 0.4) is 0 Å². The lowest BCUT2D eigenvalue weighted by atomic mass is 10.4. The maximum atomic E-state index is 6.08. The SMILES string of the molecule is CN(C)CP(=S)(c1ccccc1)c1ccccc1. The Hall–Kier alpha value is -0.950. The van der Waals surface area contributed by atoms with Gasteiger partial charge in [-0.25, -0.2) is 0 Å². The summed E-state index contributed by atoms with van der Waals surface area (Å²) < 4.78 is 0. The van der Waals surface area contributed by atoms with Crippen LogP contribution in [0, 0.1) is 0 Å². The molecule has 0 aliphatic heterocycles. The summed E-state index contributed by atoms with van der Waals surface area (Å²) in [7, 11) is 4.18. The molecule has 94 valence electrons. The lowest BCUT2D eigenvalue weighted by Crippen LogP contribution is -2.25. The molecule has 0 aromatic heterocycles. The third kappa shape index (κ3) is 2.89. The molecule has 0 aliphatic carbocycles. The number of benzene rings is 2. The average Bonchev–Trinajstić information content (AvgIpc) is 2.40. The lowest BCUT2D eigenvalue weighted by molar-refractivity contribution is 0.482. The van der Waals surface area contributed by atoms with Crippen molar-refractivity contribution in [3.05, 3.63) is 60.7 Å². The minimum absolute atomic E-state index is 0.927. The summed E-state index contributed by atoms with van der Waals surface area (Å²) in [5, 5.41) is 2.58. The van der Waals surface area contributed by atoms with Crippen LogP contribution in [0.1, 0.15) is 0 Å². The Balaban J connectivity index is 2.52. The fraction of sp³-hybridized carbons (Fsp3) is 0.200. The van der Waals surface area contributed by atoms with Crippen molar-refractivity contribution >= 4 is 28.5 Å². The van der Waals surface area contributed by atoms with Crippen LogP contribution in [0.25, 0.3) is 0 Å². The molecule has 3 heteroatoms. The monoisotopic (exact) mass is 275 g/mol. The second kappa shape index (κ2) is 5.79. The number of hydrogen-bond acceptors (Lipinski definition) is 2. The first kappa shape index (κ1) is 13.5. The van der Waals surface area contributed by atoms with E-state index in [9.17, 15) is 0 Å². The van der Waals surface area contributed by atoms with Gasteiger partial charge in [0, 0.05) is 12.3 Å². The van der Waals surface area contributed by atoms with Gasteiger partial charge < -0.3 is 4.90 Å². The summed E-state index contributed by atoms with van der Waals surface area (Å²) in [6, 6.07) is 19.3. The molecule has 0 N–H and O–H groups in total. The van der Waals surface area contributed by atoms with Crippen molar-refractivity contribution in [3.63, 3.8) is 0 Å². The summed E-state index contributed by atoms with van der Waals surface area (Å²) in [4.78, 5) is 2.20. The number of nitrogens with zero attached hydrogens (tertiary/aromatic N) is 1. The van der Waals surface area contributed by atoms with E-state index in [0.29, 0.717) is 0 Å². The van der Waals surface area contributed by atoms with Crippen LogP contribution in [-0.2, 0) is 11.8 Å². The van der Waals surface area contributed by atoms with Crippen molar-refractivity contribution in [1.82, 2.24) is 4.90 Å². The van der Waals surface area contributed by atoms with Crippen LogP contribution >= 0.6 is 6.04 Å². The van der Waals surface area contributed by atoms with Gasteiger partial charge >= 0.3 is 0 Å². The van der Waals surface area contributed by atoms with E-state index >= 15 is 0 Å². The molecule has 0 atom stereocenters. The fourth-order valence-corrected chi connectivity index (χ4v) is 6.20. The Morgan fingerprint density at radius 1 is 0.833 bits per heavy atom. The van der Waals surface area contributed by atoms with Crippen LogP contribution < -0.4 is 10.6 Å². The first-order valence-corrected chi connectivity index (χ1v) is 8.97. The third-order valence-corrected chi connectivity index (χ3v) is 7.67. The maximum absolute atomic E-state index is 6.08. The van der Waals surface area contributed by atoms with E-state index in [-0.39, 0.29) is 0 Å². The topological polar surface area (TPSA) is 3.24 Å². The Morgan fingerprint density at radius 3 is 1.56 bits per heavy atom. The van der Waals surface area contributed by atoms with Crippen molar-refractivity contribution in [2.45, 2.75) is 0 Å². The first-order valence-electron chi connectivity index (χ1n) is 5.98. The minimum Gasteiger partial charge on any atom is -0.304 e. The summed E-state index contributed by atoms with van der Waals surface area (Å²) in [6.07, 6.45) is 0.927. The molecule has 0 amide bonds. The summed E-state index contributed by atoms with van der Waals surface area (Å²) in [6.45, 7) is 0. The maximum Gasteiger partial charge on any atom is 0.0345 e. The molecule has 0 bridgehead atoms. The van der Waals surface area contributed by atoms with Crippen LogP contribution in [-0.4, -0.2) is 25.3 Å². The molecule has 2 rings (SSSR count). The van der Waals surface area contributed by atoms with Crippen LogP contribution in [0.15, 0.2) is 60.7 Å². The number of rotatable bonds is 4. The summed E-state index contributed by atoms with van der Waals surface area (Å²) >= 11 is 6.08. The van der Waals surface area contributed by atoms with Gasteiger partial charge in [-0.1, -0.05) is 72.5 Å². The molecule has 0 saturated heterocycles. The smallest absolute Gasteiger partial charge is 0.0345 e. The highest BCUT2D eigenvalue weighted by atomic mass is 32.4. The van der Waals surface area contributed by atoms with Crippen molar-refractivity contribution in [2.24, 2.45) is 0 Å². The largest absolute Gasteiger partial charge is 0.304 e. The van der Waals surface area contributed by atoms with Crippen molar-refractivity contribution < 1.29 is 0 Å². The second-order valence-corrected chi connectivity index (χ2v) is 9.30. The van der Waals surface area contributed by atoms with Crippen molar-refractivity contribution in [1.29, 1.82) is 0 Å². The van der Waals surface area contributed by atoms with Gasteiger partial charge in [-0.15, -0.1) is 0 Å². The molecule has 0 spiro atoms. The van der Waals surface area contributed by atoms with Gasteiger partial charge in [0.25, 0.3) is 0 Å². The Bertz CT molecular complexity index is 493. The van der Waals surface area contributed by atoms with E-state index in [1.165, 1.54) is 10.6 Å². The molecule has 0 unspecified atom stereocenters. The van der Waals surface area contributed by atoms with E-state index in [0.717, 1.165) is 6.29 Å². The van der Waals surface area contributed by atoms with Gasteiger partial charge in [0.05, 0.1) is 0 Å². The van der Waals surface area contributed by atoms with E-state index in [1.54, 1.807) is 0 Å². The molecule has 18 heavy (non-hydrogen) atoms. The van der Waals surface area contributed by atoms with Gasteiger partial charge in [-0.2, -0.15) is 0 Å². The Labute approximate surface area is 114 Å². The molecule has 2 aromatic carbocycles. The molecule has 0 radical (unpaired) electrons. The van der Waals surface area contributed by atoms with Crippen molar-refractivity contribution in [3.8, 4) is 0 Å². The van der Waals surface area contributed by atoms with E-state index in [4.69, 9.17) is 11.8 Å². The zero-order valence-corrected chi connectivity index (χ0v) is 12.5. The predicted molar refractivity (Wildman–Crippen MR) is 85.0 cm³/mol. The van der Waals surface area contributed by atoms with Gasteiger partial charge in [0.15, 0.2) is 0 Å². The molecule has 1 nitrogen and oxygen atoms in total. The van der Waals surface area contributed by atoms with E-state index in [2.05, 4.69) is 67.5 Å².